The van der Waals surface area contributed by atoms with E-state index in [9.17, 15) is 9.90 Å². The molecule has 13 heteroatoms. The molecule has 5 aromatic rings. The largest absolute Gasteiger partial charge is 0.507 e. The van der Waals surface area contributed by atoms with Gasteiger partial charge < -0.3 is 34.4 Å². The number of carboxylic acid groups (broad SMARTS) is 1. The summed E-state index contributed by atoms with van der Waals surface area (Å²) in [6, 6.07) is 18.4. The van der Waals surface area contributed by atoms with E-state index in [0.29, 0.717) is 35.1 Å². The maximum Gasteiger partial charge on any atom is 0.339 e. The van der Waals surface area contributed by atoms with Crippen molar-refractivity contribution in [2.24, 2.45) is 5.10 Å². The van der Waals surface area contributed by atoms with Crippen molar-refractivity contribution in [1.82, 2.24) is 15.0 Å². The lowest BCUT2D eigenvalue weighted by Gasteiger charge is -2.10. The molecule has 3 aromatic heterocycles. The number of methoxy groups -OCH3 is 1. The second kappa shape index (κ2) is 11.7. The number of carbonyl (C=O) groups is 1. The number of ether oxygens (including phenoxy) is 1. The van der Waals surface area contributed by atoms with Gasteiger partial charge in [-0.15, -0.1) is 0 Å². The molecular weight excluding hydrogens is 518 g/mol. The summed E-state index contributed by atoms with van der Waals surface area (Å²) in [6.07, 6.45) is 3.00. The van der Waals surface area contributed by atoms with Gasteiger partial charge in [0.1, 0.15) is 34.3 Å². The van der Waals surface area contributed by atoms with Crippen LogP contribution in [0.15, 0.2) is 86.9 Å². The minimum Gasteiger partial charge on any atom is -0.507 e. The minimum atomic E-state index is -1.22. The highest BCUT2D eigenvalue weighted by atomic mass is 16.5. The van der Waals surface area contributed by atoms with Crippen molar-refractivity contribution in [3.05, 3.63) is 90.1 Å². The van der Waals surface area contributed by atoms with Crippen molar-refractivity contribution in [2.45, 2.75) is 6.54 Å². The fraction of sp³-hybridized carbons (Fsp3) is 0.0741. The third-order valence-electron chi connectivity index (χ3n) is 5.48. The number of carboxylic acids is 1. The summed E-state index contributed by atoms with van der Waals surface area (Å²) in [5, 5.41) is 29.4. The van der Waals surface area contributed by atoms with Crippen molar-refractivity contribution >= 4 is 35.7 Å². The summed E-state index contributed by atoms with van der Waals surface area (Å²) < 4.78 is 16.3. The molecule has 202 valence electrons. The smallest absolute Gasteiger partial charge is 0.339 e. The first-order valence-corrected chi connectivity index (χ1v) is 11.9. The fourth-order valence-electron chi connectivity index (χ4n) is 3.54. The van der Waals surface area contributed by atoms with Crippen LogP contribution in [0, 0.1) is 0 Å². The third kappa shape index (κ3) is 6.34. The highest BCUT2D eigenvalue weighted by Crippen LogP contribution is 2.28. The Morgan fingerprint density at radius 3 is 2.55 bits per heavy atom. The topological polar surface area (TPSA) is 180 Å². The Bertz CT molecular complexity index is 1630. The zero-order valence-corrected chi connectivity index (χ0v) is 21.0. The molecule has 0 amide bonds. The van der Waals surface area contributed by atoms with Crippen molar-refractivity contribution in [3.63, 3.8) is 0 Å². The number of furan rings is 2. The lowest BCUT2D eigenvalue weighted by molar-refractivity contribution is 0.0693. The average Bonchev–Trinajstić information content (AvgIpc) is 3.65. The number of aromatic nitrogens is 3. The maximum absolute atomic E-state index is 11.1. The molecule has 0 aliphatic rings. The van der Waals surface area contributed by atoms with E-state index in [4.69, 9.17) is 18.7 Å². The predicted octanol–water partition coefficient (Wildman–Crippen LogP) is 4.94. The molecule has 3 heterocycles. The molecule has 40 heavy (non-hydrogen) atoms. The molecule has 0 radical (unpaired) electrons. The second-order valence-electron chi connectivity index (χ2n) is 8.20. The Balaban J connectivity index is 1.31. The van der Waals surface area contributed by atoms with Crippen LogP contribution in [0.3, 0.4) is 0 Å². The number of benzene rings is 2. The highest BCUT2D eigenvalue weighted by molar-refractivity contribution is 5.91. The minimum absolute atomic E-state index is 0.158. The molecule has 0 unspecified atom stereocenters. The summed E-state index contributed by atoms with van der Waals surface area (Å²) in [5.41, 5.74) is 3.82. The quantitative estimate of drug-likeness (QED) is 0.112. The molecule has 5 rings (SSSR count). The van der Waals surface area contributed by atoms with Gasteiger partial charge in [-0.05, 0) is 60.7 Å². The number of aromatic hydroxyl groups is 1. The number of hydrazone groups is 1. The van der Waals surface area contributed by atoms with Crippen LogP contribution in [-0.2, 0) is 6.54 Å². The van der Waals surface area contributed by atoms with E-state index in [1.807, 2.05) is 30.3 Å². The van der Waals surface area contributed by atoms with E-state index in [2.05, 4.69) is 36.1 Å². The van der Waals surface area contributed by atoms with Gasteiger partial charge in [-0.2, -0.15) is 20.1 Å². The predicted molar refractivity (Wildman–Crippen MR) is 146 cm³/mol. The fourth-order valence-corrected chi connectivity index (χ4v) is 3.54. The molecule has 0 saturated heterocycles. The first kappa shape index (κ1) is 25.8. The number of phenols is 1. The molecule has 0 atom stereocenters. The van der Waals surface area contributed by atoms with Crippen molar-refractivity contribution < 1.29 is 28.6 Å². The molecular formula is C27H23N7O6. The SMILES string of the molecule is COc1ccc(Nc2nc(NCc3ccco3)nc(N/N=C\c3ccc(-c4ccc(C(=O)O)c(O)c4)o3)n2)cc1. The summed E-state index contributed by atoms with van der Waals surface area (Å²) >= 11 is 0. The molecule has 2 aromatic carbocycles. The average molecular weight is 542 g/mol. The van der Waals surface area contributed by atoms with Crippen molar-refractivity contribution in [1.29, 1.82) is 0 Å². The maximum atomic E-state index is 11.1. The molecule has 5 N–H and O–H groups in total. The molecule has 0 aliphatic carbocycles. The van der Waals surface area contributed by atoms with Crippen LogP contribution in [0.4, 0.5) is 23.5 Å². The Hall–Kier alpha value is -5.85. The number of rotatable bonds is 11. The molecule has 0 saturated carbocycles. The van der Waals surface area contributed by atoms with E-state index in [0.717, 1.165) is 5.69 Å². The van der Waals surface area contributed by atoms with Crippen LogP contribution in [0.25, 0.3) is 11.3 Å². The van der Waals surface area contributed by atoms with Gasteiger partial charge in [-0.25, -0.2) is 10.2 Å². The van der Waals surface area contributed by atoms with Gasteiger partial charge in [0.15, 0.2) is 0 Å². The lowest BCUT2D eigenvalue weighted by atomic mass is 10.1. The Labute approximate surface area is 227 Å². The summed E-state index contributed by atoms with van der Waals surface area (Å²) in [7, 11) is 1.59. The van der Waals surface area contributed by atoms with Gasteiger partial charge in [0.25, 0.3) is 0 Å². The van der Waals surface area contributed by atoms with E-state index < -0.39 is 5.97 Å². The van der Waals surface area contributed by atoms with Gasteiger partial charge in [0.05, 0.1) is 26.1 Å². The third-order valence-corrected chi connectivity index (χ3v) is 5.48. The van der Waals surface area contributed by atoms with Gasteiger partial charge in [-0.3, -0.25) is 0 Å². The van der Waals surface area contributed by atoms with E-state index in [1.165, 1.54) is 18.3 Å². The van der Waals surface area contributed by atoms with Crippen LogP contribution in [0.2, 0.25) is 0 Å². The van der Waals surface area contributed by atoms with Gasteiger partial charge in [0, 0.05) is 11.3 Å². The van der Waals surface area contributed by atoms with E-state index >= 15 is 0 Å². The normalized spacial score (nSPS) is 10.9. The highest BCUT2D eigenvalue weighted by Gasteiger charge is 2.12. The Morgan fingerprint density at radius 2 is 1.82 bits per heavy atom. The Kier molecular flexibility index (Phi) is 7.53. The zero-order valence-electron chi connectivity index (χ0n) is 21.0. The van der Waals surface area contributed by atoms with Gasteiger partial charge in [-0.1, -0.05) is 6.07 Å². The summed E-state index contributed by atoms with van der Waals surface area (Å²) in [6.45, 7) is 0.361. The van der Waals surface area contributed by atoms with E-state index in [-0.39, 0.29) is 29.2 Å². The van der Waals surface area contributed by atoms with Crippen LogP contribution >= 0.6 is 0 Å². The van der Waals surface area contributed by atoms with Gasteiger partial charge in [0.2, 0.25) is 17.8 Å². The summed E-state index contributed by atoms with van der Waals surface area (Å²) in [4.78, 5) is 24.3. The molecule has 0 aliphatic heterocycles. The Morgan fingerprint density at radius 1 is 1.02 bits per heavy atom. The van der Waals surface area contributed by atoms with Crippen LogP contribution < -0.4 is 20.8 Å². The molecule has 0 spiro atoms. The second-order valence-corrected chi connectivity index (χ2v) is 8.20. The monoisotopic (exact) mass is 541 g/mol. The van der Waals surface area contributed by atoms with Crippen molar-refractivity contribution in [3.8, 4) is 22.8 Å². The van der Waals surface area contributed by atoms with Gasteiger partial charge >= 0.3 is 5.97 Å². The lowest BCUT2D eigenvalue weighted by Crippen LogP contribution is -2.09. The number of nitrogens with one attached hydrogen (secondary N) is 3. The van der Waals surface area contributed by atoms with E-state index in [1.54, 1.807) is 37.6 Å². The van der Waals surface area contributed by atoms with Crippen LogP contribution in [0.5, 0.6) is 11.5 Å². The summed E-state index contributed by atoms with van der Waals surface area (Å²) in [5.74, 6) is 1.37. The first-order chi connectivity index (χ1) is 19.5. The number of hydrogen-bond donors (Lipinski definition) is 5. The number of anilines is 4. The van der Waals surface area contributed by atoms with Crippen LogP contribution in [-0.4, -0.2) is 44.5 Å². The zero-order chi connectivity index (χ0) is 27.9. The molecule has 0 fully saturated rings. The number of hydrogen-bond acceptors (Lipinski definition) is 12. The van der Waals surface area contributed by atoms with Crippen LogP contribution in [0.1, 0.15) is 21.9 Å². The standard InChI is InChI=1S/C27H23N7O6/c1-38-18-7-5-17(6-8-18)30-26-31-25(28-14-19-3-2-12-39-19)32-27(33-26)34-29-15-20-9-11-23(40-20)16-4-10-21(24(36)37)22(35)13-16/h2-13,15,35H,14H2,1H3,(H,36,37)(H3,28,30,31,32,33,34)/b29-15-. The number of nitrogens with zero attached hydrogens (tertiary/aromatic N) is 4. The molecule has 0 bridgehead atoms. The molecule has 13 nitrogen and oxygen atoms in total. The number of aromatic carboxylic acids is 1. The first-order valence-electron chi connectivity index (χ1n) is 11.9. The van der Waals surface area contributed by atoms with Crippen molar-refractivity contribution in [2.75, 3.05) is 23.2 Å².